The fourth-order valence-corrected chi connectivity index (χ4v) is 4.40. The van der Waals surface area contributed by atoms with Gasteiger partial charge in [-0.3, -0.25) is 4.79 Å². The second-order valence-electron chi connectivity index (χ2n) is 8.52. The maximum atomic E-state index is 14.0. The van der Waals surface area contributed by atoms with Crippen LogP contribution in [0, 0.1) is 13.8 Å². The number of rotatable bonds is 5. The molecule has 1 amide bonds. The zero-order chi connectivity index (χ0) is 24.0. The molecular formula is C25H26N6O3. The number of aromatic amines is 1. The predicted molar refractivity (Wildman–Crippen MR) is 128 cm³/mol. The van der Waals surface area contributed by atoms with Gasteiger partial charge < -0.3 is 19.4 Å². The van der Waals surface area contributed by atoms with Gasteiger partial charge in [-0.25, -0.2) is 4.98 Å². The summed E-state index contributed by atoms with van der Waals surface area (Å²) in [5.41, 5.74) is 6.07. The lowest BCUT2D eigenvalue weighted by molar-refractivity contribution is 0.0732. The van der Waals surface area contributed by atoms with Crippen LogP contribution in [0.15, 0.2) is 48.8 Å². The number of aryl methyl sites for hydroxylation is 2. The summed E-state index contributed by atoms with van der Waals surface area (Å²) in [5, 5.41) is 8.45. The summed E-state index contributed by atoms with van der Waals surface area (Å²) >= 11 is 0. The number of imidazole rings is 1. The van der Waals surface area contributed by atoms with E-state index in [1.165, 1.54) is 23.0 Å². The standard InChI is InChI=1S/C25H26N6O3/c1-14-8-21(24-28-18-9-15(2)16(3)10-19(18)29-24)30(13-14)25(32)17-11-22(33-4)23(34-5)12-20(17)31-26-6-7-27-31/h6-7,9-12,21H,1,8,13H2,2-5H3,(H,28,29). The summed E-state index contributed by atoms with van der Waals surface area (Å²) in [6.45, 7) is 8.73. The first-order valence-corrected chi connectivity index (χ1v) is 11.0. The smallest absolute Gasteiger partial charge is 0.257 e. The molecule has 1 atom stereocenters. The Morgan fingerprint density at radius 3 is 2.44 bits per heavy atom. The summed E-state index contributed by atoms with van der Waals surface area (Å²) in [7, 11) is 3.09. The van der Waals surface area contributed by atoms with Crippen molar-refractivity contribution in [2.24, 2.45) is 0 Å². The van der Waals surface area contributed by atoms with Crippen molar-refractivity contribution in [2.75, 3.05) is 20.8 Å². The quantitative estimate of drug-likeness (QED) is 0.455. The lowest BCUT2D eigenvalue weighted by Crippen LogP contribution is -2.32. The Bertz CT molecular complexity index is 1370. The molecule has 0 spiro atoms. The molecule has 3 heterocycles. The number of aromatic nitrogens is 5. The molecule has 1 aliphatic rings. The van der Waals surface area contributed by atoms with Crippen molar-refractivity contribution < 1.29 is 14.3 Å². The SMILES string of the molecule is C=C1CC(c2nc3cc(C)c(C)cc3[nH]2)N(C(=O)c2cc(OC)c(OC)cc2-n2nccn2)C1. The number of fused-ring (bicyclic) bond motifs is 1. The van der Waals surface area contributed by atoms with Crippen LogP contribution >= 0.6 is 0 Å². The highest BCUT2D eigenvalue weighted by Gasteiger charge is 2.36. The Labute approximate surface area is 197 Å². The van der Waals surface area contributed by atoms with E-state index < -0.39 is 0 Å². The first-order valence-electron chi connectivity index (χ1n) is 11.0. The van der Waals surface area contributed by atoms with Crippen LogP contribution in [0.25, 0.3) is 16.7 Å². The fourth-order valence-electron chi connectivity index (χ4n) is 4.40. The number of likely N-dealkylation sites (tertiary alicyclic amines) is 1. The molecule has 174 valence electrons. The molecule has 0 bridgehead atoms. The second-order valence-corrected chi connectivity index (χ2v) is 8.52. The maximum absolute atomic E-state index is 14.0. The van der Waals surface area contributed by atoms with E-state index in [2.05, 4.69) is 47.7 Å². The summed E-state index contributed by atoms with van der Waals surface area (Å²) in [6, 6.07) is 7.27. The van der Waals surface area contributed by atoms with E-state index in [1.54, 1.807) is 36.5 Å². The van der Waals surface area contributed by atoms with Crippen LogP contribution < -0.4 is 9.47 Å². The Balaban J connectivity index is 1.59. The number of nitrogens with one attached hydrogen (secondary N) is 1. The van der Waals surface area contributed by atoms with Gasteiger partial charge in [-0.2, -0.15) is 15.0 Å². The molecule has 2 aromatic heterocycles. The first kappa shape index (κ1) is 21.7. The van der Waals surface area contributed by atoms with Crippen molar-refractivity contribution in [3.05, 3.63) is 71.3 Å². The largest absolute Gasteiger partial charge is 0.493 e. The van der Waals surface area contributed by atoms with Crippen LogP contribution in [0.3, 0.4) is 0 Å². The Kier molecular flexibility index (Phi) is 5.31. The number of H-pyrrole nitrogens is 1. The molecule has 4 aromatic rings. The van der Waals surface area contributed by atoms with E-state index in [0.29, 0.717) is 35.7 Å². The monoisotopic (exact) mass is 458 g/mol. The summed E-state index contributed by atoms with van der Waals surface area (Å²) < 4.78 is 10.9. The van der Waals surface area contributed by atoms with Gasteiger partial charge >= 0.3 is 0 Å². The third kappa shape index (κ3) is 3.59. The molecule has 5 rings (SSSR count). The average Bonchev–Trinajstić information content (AvgIpc) is 3.58. The topological polar surface area (TPSA) is 98.2 Å². The molecule has 1 aliphatic heterocycles. The maximum Gasteiger partial charge on any atom is 0.257 e. The van der Waals surface area contributed by atoms with Crippen LogP contribution in [-0.2, 0) is 0 Å². The van der Waals surface area contributed by atoms with Gasteiger partial charge in [0.25, 0.3) is 5.91 Å². The van der Waals surface area contributed by atoms with Gasteiger partial charge in [-0.15, -0.1) is 0 Å². The predicted octanol–water partition coefficient (Wildman–Crippen LogP) is 3.92. The molecule has 2 aromatic carbocycles. The van der Waals surface area contributed by atoms with Gasteiger partial charge in [0.15, 0.2) is 11.5 Å². The number of carbonyl (C=O) groups excluding carboxylic acids is 1. The summed E-state index contributed by atoms with van der Waals surface area (Å²) in [6.07, 6.45) is 3.75. The molecule has 0 saturated carbocycles. The van der Waals surface area contributed by atoms with Gasteiger partial charge in [-0.05, 0) is 49.6 Å². The number of methoxy groups -OCH3 is 2. The number of hydrogen-bond donors (Lipinski definition) is 1. The third-order valence-electron chi connectivity index (χ3n) is 6.31. The zero-order valence-corrected chi connectivity index (χ0v) is 19.6. The van der Waals surface area contributed by atoms with Gasteiger partial charge in [0.2, 0.25) is 0 Å². The van der Waals surface area contributed by atoms with E-state index in [-0.39, 0.29) is 11.9 Å². The van der Waals surface area contributed by atoms with Crippen molar-refractivity contribution >= 4 is 16.9 Å². The Morgan fingerprint density at radius 1 is 1.06 bits per heavy atom. The molecule has 1 saturated heterocycles. The van der Waals surface area contributed by atoms with Crippen molar-refractivity contribution in [3.8, 4) is 17.2 Å². The van der Waals surface area contributed by atoms with Crippen LogP contribution in [0.1, 0.15) is 39.8 Å². The van der Waals surface area contributed by atoms with Gasteiger partial charge in [0.1, 0.15) is 11.5 Å². The van der Waals surface area contributed by atoms with E-state index in [9.17, 15) is 4.79 Å². The third-order valence-corrected chi connectivity index (χ3v) is 6.31. The second kappa shape index (κ2) is 8.33. The van der Waals surface area contributed by atoms with Gasteiger partial charge in [-0.1, -0.05) is 12.2 Å². The molecule has 34 heavy (non-hydrogen) atoms. The van der Waals surface area contributed by atoms with Crippen molar-refractivity contribution in [1.82, 2.24) is 29.9 Å². The van der Waals surface area contributed by atoms with E-state index in [0.717, 1.165) is 22.4 Å². The normalized spacial score (nSPS) is 15.8. The summed E-state index contributed by atoms with van der Waals surface area (Å²) in [5.74, 6) is 1.48. The highest BCUT2D eigenvalue weighted by atomic mass is 16.5. The Morgan fingerprint density at radius 2 is 1.74 bits per heavy atom. The fraction of sp³-hybridized carbons (Fsp3) is 0.280. The number of benzene rings is 2. The van der Waals surface area contributed by atoms with Crippen LogP contribution in [0.2, 0.25) is 0 Å². The zero-order valence-electron chi connectivity index (χ0n) is 19.6. The molecular weight excluding hydrogens is 432 g/mol. The molecule has 1 unspecified atom stereocenters. The van der Waals surface area contributed by atoms with Gasteiger partial charge in [0, 0.05) is 12.6 Å². The molecule has 0 aliphatic carbocycles. The molecule has 0 radical (unpaired) electrons. The number of hydrogen-bond acceptors (Lipinski definition) is 6. The minimum absolute atomic E-state index is 0.190. The molecule has 1 fully saturated rings. The molecule has 9 heteroatoms. The van der Waals surface area contributed by atoms with Crippen molar-refractivity contribution in [1.29, 1.82) is 0 Å². The highest BCUT2D eigenvalue weighted by Crippen LogP contribution is 2.38. The minimum atomic E-state index is -0.264. The Hall–Kier alpha value is -4.14. The van der Waals surface area contributed by atoms with Crippen molar-refractivity contribution in [3.63, 3.8) is 0 Å². The number of ether oxygens (including phenoxy) is 2. The van der Waals surface area contributed by atoms with Crippen LogP contribution in [-0.4, -0.2) is 56.5 Å². The van der Waals surface area contributed by atoms with Gasteiger partial charge in [0.05, 0.1) is 49.3 Å². The van der Waals surface area contributed by atoms with Crippen molar-refractivity contribution in [2.45, 2.75) is 26.3 Å². The molecule has 9 nitrogen and oxygen atoms in total. The van der Waals surface area contributed by atoms with E-state index >= 15 is 0 Å². The average molecular weight is 459 g/mol. The lowest BCUT2D eigenvalue weighted by atomic mass is 10.1. The van der Waals surface area contributed by atoms with E-state index in [1.807, 2.05) is 0 Å². The number of amides is 1. The summed E-state index contributed by atoms with van der Waals surface area (Å²) in [4.78, 5) is 25.4. The van der Waals surface area contributed by atoms with Crippen LogP contribution in [0.4, 0.5) is 0 Å². The first-order chi connectivity index (χ1) is 16.4. The minimum Gasteiger partial charge on any atom is -0.493 e. The number of nitrogens with zero attached hydrogens (tertiary/aromatic N) is 5. The lowest BCUT2D eigenvalue weighted by Gasteiger charge is -2.24. The number of carbonyl (C=O) groups is 1. The van der Waals surface area contributed by atoms with Crippen LogP contribution in [0.5, 0.6) is 11.5 Å². The van der Waals surface area contributed by atoms with E-state index in [4.69, 9.17) is 14.5 Å². The molecule has 1 N–H and O–H groups in total. The highest BCUT2D eigenvalue weighted by molar-refractivity contribution is 5.99.